The summed E-state index contributed by atoms with van der Waals surface area (Å²) in [5.74, 6) is 0.783. The molecule has 0 amide bonds. The Morgan fingerprint density at radius 1 is 1.18 bits per heavy atom. The van der Waals surface area contributed by atoms with E-state index in [1.165, 1.54) is 5.56 Å². The Morgan fingerprint density at radius 3 is 2.40 bits per heavy atom. The van der Waals surface area contributed by atoms with Crippen LogP contribution in [-0.2, 0) is 30.6 Å². The standard InChI is InChI=1S/C25H36ClN5O4S.C2H4O2/c1-2-36(33,34)13-3-4-22(32)23-16-31(21(17-35-23)14-18-5-7-19(26)8-6-18)20-9-11-30(12-10-20)25-15-24(27)28-29-25;1-2(3)4/h5-8,20-21,23H,2-4,9-17H2,1H3,(H2,27,28);1H3,(H,3,4)/t21-,23+;/m0./s1. The van der Waals surface area contributed by atoms with Crippen LogP contribution < -0.4 is 5.73 Å². The molecule has 3 aliphatic rings. The highest BCUT2D eigenvalue weighted by molar-refractivity contribution is 7.91. The number of hydrogen-bond donors (Lipinski definition) is 2. The lowest BCUT2D eigenvalue weighted by atomic mass is 9.95. The monoisotopic (exact) mass is 597 g/mol. The van der Waals surface area contributed by atoms with E-state index in [1.807, 2.05) is 24.3 Å². The number of sulfone groups is 1. The molecule has 0 aliphatic carbocycles. The molecule has 1 aromatic rings. The van der Waals surface area contributed by atoms with Crippen molar-refractivity contribution in [2.75, 3.05) is 37.7 Å². The molecule has 222 valence electrons. The minimum Gasteiger partial charge on any atom is -0.481 e. The Hall–Kier alpha value is -2.54. The number of amidine groups is 2. The van der Waals surface area contributed by atoms with Crippen molar-refractivity contribution in [1.29, 1.82) is 0 Å². The first-order valence-electron chi connectivity index (χ1n) is 13.7. The fraction of sp³-hybridized carbons (Fsp3) is 0.630. The molecule has 13 heteroatoms. The molecule has 11 nitrogen and oxygen atoms in total. The number of aliphatic carboxylic acids is 1. The zero-order valence-corrected chi connectivity index (χ0v) is 24.7. The van der Waals surface area contributed by atoms with Gasteiger partial charge in [-0.1, -0.05) is 30.7 Å². The van der Waals surface area contributed by atoms with Gasteiger partial charge in [0.15, 0.2) is 5.78 Å². The van der Waals surface area contributed by atoms with E-state index < -0.39 is 21.9 Å². The molecule has 40 heavy (non-hydrogen) atoms. The number of nitrogens with two attached hydrogens (primary N) is 1. The van der Waals surface area contributed by atoms with E-state index in [2.05, 4.69) is 20.0 Å². The van der Waals surface area contributed by atoms with Gasteiger partial charge in [-0.25, -0.2) is 8.42 Å². The maximum atomic E-state index is 13.0. The van der Waals surface area contributed by atoms with Crippen LogP contribution in [0.15, 0.2) is 34.5 Å². The van der Waals surface area contributed by atoms with Gasteiger partial charge >= 0.3 is 0 Å². The van der Waals surface area contributed by atoms with Crippen LogP contribution >= 0.6 is 11.6 Å². The van der Waals surface area contributed by atoms with E-state index in [-0.39, 0.29) is 29.8 Å². The lowest BCUT2D eigenvalue weighted by molar-refractivity contribution is -0.143. The number of carbonyl (C=O) groups excluding carboxylic acids is 1. The van der Waals surface area contributed by atoms with E-state index >= 15 is 0 Å². The van der Waals surface area contributed by atoms with Gasteiger partial charge in [0.05, 0.1) is 18.8 Å². The van der Waals surface area contributed by atoms with Crippen LogP contribution in [0.4, 0.5) is 0 Å². The van der Waals surface area contributed by atoms with Crippen LogP contribution in [0.25, 0.3) is 0 Å². The van der Waals surface area contributed by atoms with E-state index in [4.69, 9.17) is 32.0 Å². The molecular weight excluding hydrogens is 558 g/mol. The fourth-order valence-corrected chi connectivity index (χ4v) is 6.18. The van der Waals surface area contributed by atoms with Crippen molar-refractivity contribution in [2.24, 2.45) is 15.9 Å². The lowest BCUT2D eigenvalue weighted by Gasteiger charge is -2.46. The average molecular weight is 598 g/mol. The molecule has 4 rings (SSSR count). The second-order valence-corrected chi connectivity index (χ2v) is 13.2. The molecule has 0 radical (unpaired) electrons. The second-order valence-electron chi connectivity index (χ2n) is 10.3. The summed E-state index contributed by atoms with van der Waals surface area (Å²) in [5.41, 5.74) is 6.98. The van der Waals surface area contributed by atoms with Crippen molar-refractivity contribution in [3.05, 3.63) is 34.9 Å². The van der Waals surface area contributed by atoms with Crippen molar-refractivity contribution in [1.82, 2.24) is 9.80 Å². The van der Waals surface area contributed by atoms with Crippen molar-refractivity contribution < 1.29 is 27.9 Å². The molecule has 2 fully saturated rings. The molecule has 3 N–H and O–H groups in total. The van der Waals surface area contributed by atoms with Gasteiger partial charge in [-0.3, -0.25) is 14.5 Å². The Kier molecular flexibility index (Phi) is 11.9. The number of halogens is 1. The highest BCUT2D eigenvalue weighted by atomic mass is 35.5. The maximum absolute atomic E-state index is 13.0. The summed E-state index contributed by atoms with van der Waals surface area (Å²) in [5, 5.41) is 16.3. The number of benzene rings is 1. The van der Waals surface area contributed by atoms with E-state index in [1.54, 1.807) is 6.92 Å². The molecule has 0 spiro atoms. The van der Waals surface area contributed by atoms with Crippen LogP contribution in [0.2, 0.25) is 5.02 Å². The Bertz CT molecular complexity index is 1180. The Morgan fingerprint density at radius 2 is 1.82 bits per heavy atom. The SMILES string of the molecule is CC(=O)O.CCS(=O)(=O)CCCC(=O)[C@H]1CN(C2CCN(C3=NN=C(N)C3)CC2)[C@@H](Cc2ccc(Cl)cc2)CO1. The third-order valence-electron chi connectivity index (χ3n) is 7.33. The first-order valence-corrected chi connectivity index (χ1v) is 15.9. The van der Waals surface area contributed by atoms with E-state index in [0.29, 0.717) is 42.9 Å². The molecule has 2 saturated heterocycles. The van der Waals surface area contributed by atoms with Gasteiger partial charge in [0.2, 0.25) is 0 Å². The summed E-state index contributed by atoms with van der Waals surface area (Å²) in [6, 6.07) is 8.34. The Balaban J connectivity index is 0.00000103. The normalized spacial score (nSPS) is 22.2. The number of carbonyl (C=O) groups is 2. The van der Waals surface area contributed by atoms with Crippen LogP contribution in [0.1, 0.15) is 51.5 Å². The van der Waals surface area contributed by atoms with Gasteiger partial charge in [0, 0.05) is 55.8 Å². The van der Waals surface area contributed by atoms with Gasteiger partial charge in [0.25, 0.3) is 5.97 Å². The lowest BCUT2D eigenvalue weighted by Crippen LogP contribution is -2.58. The third-order valence-corrected chi connectivity index (χ3v) is 9.37. The molecule has 0 aromatic heterocycles. The maximum Gasteiger partial charge on any atom is 0.300 e. The molecule has 0 bridgehead atoms. The van der Waals surface area contributed by atoms with Gasteiger partial charge in [-0.15, -0.1) is 10.2 Å². The minimum absolute atomic E-state index is 0.0124. The van der Waals surface area contributed by atoms with E-state index in [9.17, 15) is 13.2 Å². The smallest absolute Gasteiger partial charge is 0.300 e. The van der Waals surface area contributed by atoms with Crippen LogP contribution in [-0.4, -0.2) is 103 Å². The Labute approximate surface area is 241 Å². The molecule has 0 saturated carbocycles. The number of piperidine rings is 1. The zero-order valence-electron chi connectivity index (χ0n) is 23.2. The first-order chi connectivity index (χ1) is 19.0. The summed E-state index contributed by atoms with van der Waals surface area (Å²) in [7, 11) is -3.08. The number of rotatable bonds is 9. The minimum atomic E-state index is -3.08. The number of likely N-dealkylation sites (tertiary alicyclic amines) is 1. The second kappa shape index (κ2) is 14.9. The van der Waals surface area contributed by atoms with Crippen molar-refractivity contribution in [2.45, 2.75) is 70.6 Å². The number of carboxylic acids is 1. The zero-order chi connectivity index (χ0) is 29.3. The van der Waals surface area contributed by atoms with Crippen LogP contribution in [0.5, 0.6) is 0 Å². The number of carboxylic acid groups (broad SMARTS) is 1. The molecule has 0 unspecified atom stereocenters. The van der Waals surface area contributed by atoms with E-state index in [0.717, 1.165) is 45.1 Å². The number of ketones is 1. The predicted octanol–water partition coefficient (Wildman–Crippen LogP) is 2.37. The van der Waals surface area contributed by atoms with Crippen molar-refractivity contribution >= 4 is 44.9 Å². The van der Waals surface area contributed by atoms with Gasteiger partial charge in [-0.05, 0) is 43.4 Å². The van der Waals surface area contributed by atoms with Crippen molar-refractivity contribution in [3.8, 4) is 0 Å². The fourth-order valence-electron chi connectivity index (χ4n) is 5.18. The number of nitrogens with zero attached hydrogens (tertiary/aromatic N) is 4. The summed E-state index contributed by atoms with van der Waals surface area (Å²) in [4.78, 5) is 26.7. The molecular formula is C27H40ClN5O6S. The largest absolute Gasteiger partial charge is 0.481 e. The van der Waals surface area contributed by atoms with Gasteiger partial charge in [0.1, 0.15) is 27.6 Å². The summed E-state index contributed by atoms with van der Waals surface area (Å²) >= 11 is 6.07. The van der Waals surface area contributed by atoms with Gasteiger partial charge < -0.3 is 20.5 Å². The van der Waals surface area contributed by atoms with Crippen LogP contribution in [0.3, 0.4) is 0 Å². The predicted molar refractivity (Wildman–Crippen MR) is 156 cm³/mol. The number of morpholine rings is 1. The highest BCUT2D eigenvalue weighted by Gasteiger charge is 2.38. The summed E-state index contributed by atoms with van der Waals surface area (Å²) in [6.07, 6.45) is 3.35. The quantitative estimate of drug-likeness (QED) is 0.436. The van der Waals surface area contributed by atoms with Gasteiger partial charge in [-0.2, -0.15) is 0 Å². The van der Waals surface area contributed by atoms with Crippen LogP contribution in [0, 0.1) is 0 Å². The van der Waals surface area contributed by atoms with Crippen molar-refractivity contribution in [3.63, 3.8) is 0 Å². The summed E-state index contributed by atoms with van der Waals surface area (Å²) < 4.78 is 29.7. The number of hydrogen-bond acceptors (Lipinski definition) is 10. The number of ether oxygens (including phenoxy) is 1. The summed E-state index contributed by atoms with van der Waals surface area (Å²) in [6.45, 7) is 5.44. The highest BCUT2D eigenvalue weighted by Crippen LogP contribution is 2.27. The molecule has 2 atom stereocenters. The topological polar surface area (TPSA) is 155 Å². The molecule has 1 aromatic carbocycles. The molecule has 3 aliphatic heterocycles. The molecule has 3 heterocycles. The number of Topliss-reactive ketones (excluding diaryl/α,β-unsaturated/α-hetero) is 1. The third kappa shape index (κ3) is 9.83. The first kappa shape index (κ1) is 32.0. The average Bonchev–Trinajstić information content (AvgIpc) is 3.36.